The Kier molecular flexibility index (Phi) is 6.46. The number of H-pyrrole nitrogens is 1. The number of imidazole rings is 1. The Hall–Kier alpha value is -2.47. The maximum atomic E-state index is 12.5. The molecule has 0 aromatic carbocycles. The lowest BCUT2D eigenvalue weighted by Crippen LogP contribution is -2.40. The summed E-state index contributed by atoms with van der Waals surface area (Å²) in [5.41, 5.74) is -0.574. The van der Waals surface area contributed by atoms with Gasteiger partial charge in [-0.15, -0.1) is 0 Å². The standard InChI is InChI=1S/C18H27N5O6S/c1-4-6-9-22-15-14(16(24)20-18(22)26)21(5-2)13(19-15)11-29-17(25)12-8-7-10-23(12)30(3,27)28/h12H,4-11H2,1-3H3,(H,20,24,26). The molecule has 0 saturated carbocycles. The number of esters is 1. The predicted octanol–water partition coefficient (Wildman–Crippen LogP) is 0.174. The van der Waals surface area contributed by atoms with Gasteiger partial charge in [0.15, 0.2) is 11.2 Å². The molecular formula is C18H27N5O6S. The maximum absolute atomic E-state index is 12.5. The van der Waals surface area contributed by atoms with Crippen molar-refractivity contribution in [2.75, 3.05) is 12.8 Å². The number of hydrogen-bond donors (Lipinski definition) is 1. The lowest BCUT2D eigenvalue weighted by atomic mass is 10.2. The van der Waals surface area contributed by atoms with Crippen LogP contribution < -0.4 is 11.2 Å². The van der Waals surface area contributed by atoms with E-state index in [1.165, 1.54) is 4.57 Å². The van der Waals surface area contributed by atoms with E-state index in [1.807, 2.05) is 13.8 Å². The van der Waals surface area contributed by atoms with E-state index in [-0.39, 0.29) is 24.3 Å². The van der Waals surface area contributed by atoms with Crippen molar-refractivity contribution >= 4 is 27.2 Å². The van der Waals surface area contributed by atoms with Crippen molar-refractivity contribution in [3.63, 3.8) is 0 Å². The third-order valence-electron chi connectivity index (χ3n) is 5.26. The van der Waals surface area contributed by atoms with Gasteiger partial charge in [0.25, 0.3) is 5.56 Å². The summed E-state index contributed by atoms with van der Waals surface area (Å²) in [5, 5.41) is 0. The Morgan fingerprint density at radius 2 is 2.00 bits per heavy atom. The van der Waals surface area contributed by atoms with Crippen molar-refractivity contribution in [2.45, 2.75) is 65.3 Å². The second-order valence-electron chi connectivity index (χ2n) is 7.35. The molecule has 0 aliphatic carbocycles. The van der Waals surface area contributed by atoms with Crippen LogP contribution in [0.1, 0.15) is 45.4 Å². The molecule has 1 N–H and O–H groups in total. The van der Waals surface area contributed by atoms with Crippen LogP contribution in [-0.4, -0.2) is 56.6 Å². The predicted molar refractivity (Wildman–Crippen MR) is 110 cm³/mol. The zero-order chi connectivity index (χ0) is 22.1. The van der Waals surface area contributed by atoms with Crippen LogP contribution in [0.5, 0.6) is 0 Å². The van der Waals surface area contributed by atoms with Gasteiger partial charge in [-0.2, -0.15) is 4.31 Å². The molecule has 11 nitrogen and oxygen atoms in total. The Morgan fingerprint density at radius 1 is 1.27 bits per heavy atom. The first-order valence-electron chi connectivity index (χ1n) is 10.0. The van der Waals surface area contributed by atoms with Gasteiger partial charge < -0.3 is 9.30 Å². The van der Waals surface area contributed by atoms with Gasteiger partial charge in [-0.3, -0.25) is 19.1 Å². The molecule has 2 aromatic heterocycles. The van der Waals surface area contributed by atoms with E-state index in [0.717, 1.165) is 23.4 Å². The molecule has 3 heterocycles. The van der Waals surface area contributed by atoms with Crippen LogP contribution >= 0.6 is 0 Å². The van der Waals surface area contributed by atoms with Gasteiger partial charge in [-0.05, 0) is 26.2 Å². The van der Waals surface area contributed by atoms with Crippen molar-refractivity contribution in [1.29, 1.82) is 0 Å². The number of aromatic amines is 1. The van der Waals surface area contributed by atoms with Crippen LogP contribution in [0.3, 0.4) is 0 Å². The molecule has 1 aliphatic heterocycles. The second-order valence-corrected chi connectivity index (χ2v) is 9.28. The van der Waals surface area contributed by atoms with Gasteiger partial charge in [0, 0.05) is 19.6 Å². The van der Waals surface area contributed by atoms with Crippen molar-refractivity contribution in [2.24, 2.45) is 0 Å². The molecule has 1 atom stereocenters. The smallest absolute Gasteiger partial charge is 0.330 e. The number of sulfonamides is 1. The van der Waals surface area contributed by atoms with Crippen molar-refractivity contribution in [3.8, 4) is 0 Å². The van der Waals surface area contributed by atoms with Crippen molar-refractivity contribution in [3.05, 3.63) is 26.7 Å². The average Bonchev–Trinajstić information content (AvgIpc) is 3.30. The Bertz CT molecular complexity index is 1160. The zero-order valence-electron chi connectivity index (χ0n) is 17.4. The van der Waals surface area contributed by atoms with E-state index in [0.29, 0.717) is 31.8 Å². The summed E-state index contributed by atoms with van der Waals surface area (Å²) >= 11 is 0. The summed E-state index contributed by atoms with van der Waals surface area (Å²) in [5.74, 6) is -0.323. The first kappa shape index (κ1) is 22.2. The lowest BCUT2D eigenvalue weighted by molar-refractivity contribution is -0.149. The fourth-order valence-corrected chi connectivity index (χ4v) is 4.91. The van der Waals surface area contributed by atoms with Crippen LogP contribution in [0, 0.1) is 0 Å². The highest BCUT2D eigenvalue weighted by atomic mass is 32.2. The SMILES string of the molecule is CCCCn1c(=O)[nH]c(=O)c2c1nc(COC(=O)C1CCCN1S(C)(=O)=O)n2CC. The molecule has 166 valence electrons. The molecule has 1 fully saturated rings. The lowest BCUT2D eigenvalue weighted by Gasteiger charge is -2.20. The summed E-state index contributed by atoms with van der Waals surface area (Å²) in [6.07, 6.45) is 3.65. The van der Waals surface area contributed by atoms with Crippen molar-refractivity contribution in [1.82, 2.24) is 23.4 Å². The number of rotatable bonds is 8. The summed E-state index contributed by atoms with van der Waals surface area (Å²) in [6, 6.07) is -0.856. The first-order chi connectivity index (χ1) is 14.2. The van der Waals surface area contributed by atoms with E-state index in [2.05, 4.69) is 9.97 Å². The van der Waals surface area contributed by atoms with Gasteiger partial charge >= 0.3 is 11.7 Å². The van der Waals surface area contributed by atoms with Gasteiger partial charge in [0.05, 0.1) is 6.26 Å². The average molecular weight is 442 g/mol. The van der Waals surface area contributed by atoms with Gasteiger partial charge in [0.1, 0.15) is 18.5 Å². The van der Waals surface area contributed by atoms with Crippen molar-refractivity contribution < 1.29 is 17.9 Å². The van der Waals surface area contributed by atoms with E-state index in [4.69, 9.17) is 4.74 Å². The molecule has 30 heavy (non-hydrogen) atoms. The van der Waals surface area contributed by atoms with Crippen LogP contribution in [0.4, 0.5) is 0 Å². The number of nitrogens with zero attached hydrogens (tertiary/aromatic N) is 4. The number of aromatic nitrogens is 4. The molecule has 0 bridgehead atoms. The van der Waals surface area contributed by atoms with Crippen LogP contribution in [-0.2, 0) is 39.3 Å². The molecule has 12 heteroatoms. The monoisotopic (exact) mass is 441 g/mol. The van der Waals surface area contributed by atoms with E-state index in [1.54, 1.807) is 4.57 Å². The number of carbonyl (C=O) groups excluding carboxylic acids is 1. The van der Waals surface area contributed by atoms with Gasteiger partial charge in [-0.25, -0.2) is 18.2 Å². The summed E-state index contributed by atoms with van der Waals surface area (Å²) in [7, 11) is -3.51. The Labute approximate surface area is 173 Å². The number of nitrogens with one attached hydrogen (secondary N) is 1. The fraction of sp³-hybridized carbons (Fsp3) is 0.667. The quantitative estimate of drug-likeness (QED) is 0.577. The normalized spacial score (nSPS) is 17.6. The largest absolute Gasteiger partial charge is 0.456 e. The van der Waals surface area contributed by atoms with Gasteiger partial charge in [0.2, 0.25) is 10.0 Å². The molecule has 2 aromatic rings. The minimum absolute atomic E-state index is 0.225. The third-order valence-corrected chi connectivity index (χ3v) is 6.55. The molecule has 0 amide bonds. The number of carbonyl (C=O) groups is 1. The van der Waals surface area contributed by atoms with Crippen LogP contribution in [0.2, 0.25) is 0 Å². The second kappa shape index (κ2) is 8.72. The molecule has 0 radical (unpaired) electrons. The van der Waals surface area contributed by atoms with Gasteiger partial charge in [-0.1, -0.05) is 13.3 Å². The number of fused-ring (bicyclic) bond motifs is 1. The van der Waals surface area contributed by atoms with Crippen LogP contribution in [0.25, 0.3) is 11.2 Å². The highest BCUT2D eigenvalue weighted by Crippen LogP contribution is 2.22. The number of unbranched alkanes of at least 4 members (excludes halogenated alkanes) is 1. The number of ether oxygens (including phenoxy) is 1. The van der Waals surface area contributed by atoms with Crippen LogP contribution in [0.15, 0.2) is 9.59 Å². The first-order valence-corrected chi connectivity index (χ1v) is 11.9. The highest BCUT2D eigenvalue weighted by molar-refractivity contribution is 7.88. The Balaban J connectivity index is 1.91. The molecular weight excluding hydrogens is 414 g/mol. The zero-order valence-corrected chi connectivity index (χ0v) is 18.2. The summed E-state index contributed by atoms with van der Waals surface area (Å²) in [6.45, 7) is 4.66. The Morgan fingerprint density at radius 3 is 2.63 bits per heavy atom. The molecule has 0 spiro atoms. The molecule has 1 aliphatic rings. The molecule has 1 unspecified atom stereocenters. The highest BCUT2D eigenvalue weighted by Gasteiger charge is 2.37. The topological polar surface area (TPSA) is 136 Å². The number of aryl methyl sites for hydroxylation is 2. The summed E-state index contributed by atoms with van der Waals surface area (Å²) < 4.78 is 33.3. The summed E-state index contributed by atoms with van der Waals surface area (Å²) in [4.78, 5) is 43.9. The van der Waals surface area contributed by atoms with E-state index < -0.39 is 33.3 Å². The third kappa shape index (κ3) is 4.19. The fourth-order valence-electron chi connectivity index (χ4n) is 3.80. The van der Waals surface area contributed by atoms with E-state index in [9.17, 15) is 22.8 Å². The van der Waals surface area contributed by atoms with E-state index >= 15 is 0 Å². The number of hydrogen-bond acceptors (Lipinski definition) is 7. The maximum Gasteiger partial charge on any atom is 0.330 e. The molecule has 3 rings (SSSR count). The minimum Gasteiger partial charge on any atom is -0.456 e. The molecule has 1 saturated heterocycles. The minimum atomic E-state index is -3.51.